The van der Waals surface area contributed by atoms with Crippen molar-refractivity contribution in [1.82, 2.24) is 14.9 Å². The van der Waals surface area contributed by atoms with Gasteiger partial charge in [0.15, 0.2) is 0 Å². The molecule has 5 heteroatoms. The highest BCUT2D eigenvalue weighted by molar-refractivity contribution is 9.10. The lowest BCUT2D eigenvalue weighted by molar-refractivity contribution is 0.311. The average molecular weight is 321 g/mol. The maximum atomic E-state index is 4.22. The topological polar surface area (TPSA) is 41.0 Å². The number of rotatable bonds is 5. The Bertz CT molecular complexity index is 499. The first-order valence-electron chi connectivity index (χ1n) is 6.09. The molecule has 0 aliphatic rings. The summed E-state index contributed by atoms with van der Waals surface area (Å²) in [6.45, 7) is 0.763. The van der Waals surface area contributed by atoms with Crippen molar-refractivity contribution in [1.29, 1.82) is 0 Å². The first kappa shape index (κ1) is 14.0. The molecule has 0 radical (unpaired) electrons. The van der Waals surface area contributed by atoms with Crippen molar-refractivity contribution in [3.8, 4) is 0 Å². The van der Waals surface area contributed by atoms with E-state index < -0.39 is 0 Å². The molecule has 0 spiro atoms. The van der Waals surface area contributed by atoms with Gasteiger partial charge in [0.1, 0.15) is 0 Å². The first-order chi connectivity index (χ1) is 9.16. The van der Waals surface area contributed by atoms with Crippen LogP contribution in [0, 0.1) is 0 Å². The fourth-order valence-corrected chi connectivity index (χ4v) is 2.07. The van der Waals surface area contributed by atoms with Crippen molar-refractivity contribution < 1.29 is 0 Å². The minimum Gasteiger partial charge on any atom is -0.352 e. The number of likely N-dealkylation sites (N-methyl/N-ethyl adjacent to an activating group) is 1. The van der Waals surface area contributed by atoms with Gasteiger partial charge in [0.05, 0.1) is 10.5 Å². The van der Waals surface area contributed by atoms with Crippen LogP contribution in [0.3, 0.4) is 0 Å². The summed E-state index contributed by atoms with van der Waals surface area (Å²) in [5.74, 6) is 0.644. The lowest BCUT2D eigenvalue weighted by Gasteiger charge is -2.25. The van der Waals surface area contributed by atoms with Crippen LogP contribution >= 0.6 is 15.9 Å². The van der Waals surface area contributed by atoms with Gasteiger partial charge in [-0.15, -0.1) is 0 Å². The Balaban J connectivity index is 2.04. The second-order valence-corrected chi connectivity index (χ2v) is 5.41. The van der Waals surface area contributed by atoms with Gasteiger partial charge in [0, 0.05) is 18.9 Å². The predicted molar refractivity (Wildman–Crippen MR) is 81.1 cm³/mol. The molecule has 1 N–H and O–H groups in total. The minimum absolute atomic E-state index is 0.286. The zero-order valence-electron chi connectivity index (χ0n) is 11.0. The van der Waals surface area contributed by atoms with Crippen molar-refractivity contribution in [2.24, 2.45) is 0 Å². The molecule has 1 aromatic carbocycles. The number of aromatic nitrogens is 2. The molecule has 100 valence electrons. The Morgan fingerprint density at radius 1 is 1.16 bits per heavy atom. The first-order valence-corrected chi connectivity index (χ1v) is 6.89. The second kappa shape index (κ2) is 6.63. The molecule has 1 heterocycles. The van der Waals surface area contributed by atoms with Crippen molar-refractivity contribution in [3.05, 3.63) is 52.8 Å². The van der Waals surface area contributed by atoms with E-state index in [-0.39, 0.29) is 6.04 Å². The molecule has 2 aromatic rings. The molecule has 19 heavy (non-hydrogen) atoms. The molecule has 1 unspecified atom stereocenters. The van der Waals surface area contributed by atoms with E-state index in [1.54, 1.807) is 12.4 Å². The second-order valence-electron chi connectivity index (χ2n) is 4.50. The van der Waals surface area contributed by atoms with E-state index in [1.165, 1.54) is 5.56 Å². The molecule has 4 nitrogen and oxygen atoms in total. The molecule has 0 aliphatic heterocycles. The van der Waals surface area contributed by atoms with Gasteiger partial charge in [0.25, 0.3) is 0 Å². The Morgan fingerprint density at radius 2 is 1.79 bits per heavy atom. The predicted octanol–water partition coefficient (Wildman–Crippen LogP) is 2.95. The van der Waals surface area contributed by atoms with Crippen molar-refractivity contribution in [3.63, 3.8) is 0 Å². The molecule has 0 saturated heterocycles. The highest BCUT2D eigenvalue weighted by atomic mass is 79.9. The molecule has 1 atom stereocenters. The van der Waals surface area contributed by atoms with E-state index in [1.807, 2.05) is 6.07 Å². The highest BCUT2D eigenvalue weighted by Gasteiger charge is 2.13. The van der Waals surface area contributed by atoms with E-state index in [0.29, 0.717) is 5.95 Å². The fraction of sp³-hybridized carbons (Fsp3) is 0.286. The van der Waals surface area contributed by atoms with Gasteiger partial charge in [-0.25, -0.2) is 9.97 Å². The van der Waals surface area contributed by atoms with Crippen LogP contribution < -0.4 is 5.32 Å². The Morgan fingerprint density at radius 3 is 2.37 bits per heavy atom. The number of hydrogen-bond donors (Lipinski definition) is 1. The standard InChI is InChI=1S/C14H17BrN4/c1-19(2)13(11-6-4-3-5-7-11)10-18-14-16-8-12(15)9-17-14/h3-9,13H,10H2,1-2H3,(H,16,17,18). The molecule has 0 fully saturated rings. The molecular weight excluding hydrogens is 304 g/mol. The van der Waals surface area contributed by atoms with Crippen LogP contribution in [0.25, 0.3) is 0 Å². The molecule has 2 rings (SSSR count). The van der Waals surface area contributed by atoms with E-state index in [9.17, 15) is 0 Å². The van der Waals surface area contributed by atoms with Crippen LogP contribution in [0.4, 0.5) is 5.95 Å². The number of anilines is 1. The van der Waals surface area contributed by atoms with E-state index >= 15 is 0 Å². The minimum atomic E-state index is 0.286. The number of nitrogens with zero attached hydrogens (tertiary/aromatic N) is 3. The Labute approximate surface area is 122 Å². The quantitative estimate of drug-likeness (QED) is 0.919. The van der Waals surface area contributed by atoms with E-state index in [2.05, 4.69) is 74.5 Å². The smallest absolute Gasteiger partial charge is 0.222 e. The van der Waals surface area contributed by atoms with Gasteiger partial charge in [-0.3, -0.25) is 0 Å². The SMILES string of the molecule is CN(C)C(CNc1ncc(Br)cn1)c1ccccc1. The number of benzene rings is 1. The van der Waals surface area contributed by atoms with Crippen molar-refractivity contribution in [2.45, 2.75) is 6.04 Å². The summed E-state index contributed by atoms with van der Waals surface area (Å²) >= 11 is 3.32. The maximum absolute atomic E-state index is 4.22. The molecule has 0 saturated carbocycles. The summed E-state index contributed by atoms with van der Waals surface area (Å²) in [6.07, 6.45) is 3.48. The van der Waals surface area contributed by atoms with Crippen LogP contribution in [0.1, 0.15) is 11.6 Å². The molecule has 1 aromatic heterocycles. The Hall–Kier alpha value is -1.46. The largest absolute Gasteiger partial charge is 0.352 e. The normalized spacial score (nSPS) is 12.4. The van der Waals surface area contributed by atoms with Gasteiger partial charge < -0.3 is 10.2 Å². The summed E-state index contributed by atoms with van der Waals surface area (Å²) in [6, 6.07) is 10.7. The van der Waals surface area contributed by atoms with Gasteiger partial charge >= 0.3 is 0 Å². The van der Waals surface area contributed by atoms with Crippen LogP contribution in [0.5, 0.6) is 0 Å². The van der Waals surface area contributed by atoms with Crippen LogP contribution in [0.2, 0.25) is 0 Å². The third-order valence-corrected chi connectivity index (χ3v) is 3.29. The number of nitrogens with one attached hydrogen (secondary N) is 1. The summed E-state index contributed by atoms with van der Waals surface area (Å²) in [5.41, 5.74) is 1.28. The molecule has 0 amide bonds. The lowest BCUT2D eigenvalue weighted by Crippen LogP contribution is -2.27. The zero-order chi connectivity index (χ0) is 13.7. The fourth-order valence-electron chi connectivity index (χ4n) is 1.87. The van der Waals surface area contributed by atoms with E-state index in [4.69, 9.17) is 0 Å². The number of hydrogen-bond acceptors (Lipinski definition) is 4. The van der Waals surface area contributed by atoms with Crippen molar-refractivity contribution >= 4 is 21.9 Å². The van der Waals surface area contributed by atoms with Crippen molar-refractivity contribution in [2.75, 3.05) is 26.0 Å². The molecule has 0 bridgehead atoms. The van der Waals surface area contributed by atoms with Crippen LogP contribution in [-0.4, -0.2) is 35.5 Å². The average Bonchev–Trinajstić information content (AvgIpc) is 2.42. The monoisotopic (exact) mass is 320 g/mol. The van der Waals surface area contributed by atoms with Crippen LogP contribution in [-0.2, 0) is 0 Å². The van der Waals surface area contributed by atoms with Crippen LogP contribution in [0.15, 0.2) is 47.2 Å². The Kier molecular flexibility index (Phi) is 4.87. The number of halogens is 1. The van der Waals surface area contributed by atoms with Gasteiger partial charge in [-0.2, -0.15) is 0 Å². The summed E-state index contributed by atoms with van der Waals surface area (Å²) in [5, 5.41) is 3.27. The summed E-state index contributed by atoms with van der Waals surface area (Å²) < 4.78 is 0.880. The maximum Gasteiger partial charge on any atom is 0.222 e. The zero-order valence-corrected chi connectivity index (χ0v) is 12.6. The lowest BCUT2D eigenvalue weighted by atomic mass is 10.1. The third kappa shape index (κ3) is 4.01. The molecular formula is C14H17BrN4. The summed E-state index contributed by atoms with van der Waals surface area (Å²) in [7, 11) is 4.14. The van der Waals surface area contributed by atoms with Gasteiger partial charge in [-0.05, 0) is 35.6 Å². The highest BCUT2D eigenvalue weighted by Crippen LogP contribution is 2.18. The third-order valence-electron chi connectivity index (χ3n) is 2.88. The van der Waals surface area contributed by atoms with Gasteiger partial charge in [-0.1, -0.05) is 30.3 Å². The molecule has 0 aliphatic carbocycles. The summed E-state index contributed by atoms with van der Waals surface area (Å²) in [4.78, 5) is 10.6. The van der Waals surface area contributed by atoms with E-state index in [0.717, 1.165) is 11.0 Å². The van der Waals surface area contributed by atoms with Gasteiger partial charge in [0.2, 0.25) is 5.95 Å².